The molecule has 0 bridgehead atoms. The van der Waals surface area contributed by atoms with Gasteiger partial charge in [0.1, 0.15) is 5.82 Å². The van der Waals surface area contributed by atoms with Crippen molar-refractivity contribution in [2.45, 2.75) is 38.5 Å². The van der Waals surface area contributed by atoms with Crippen molar-refractivity contribution in [3.63, 3.8) is 0 Å². The molecule has 7 heteroatoms. The zero-order valence-corrected chi connectivity index (χ0v) is 13.8. The van der Waals surface area contributed by atoms with E-state index in [0.29, 0.717) is 44.3 Å². The molecule has 1 aromatic rings. The van der Waals surface area contributed by atoms with Gasteiger partial charge in [0.05, 0.1) is 11.6 Å². The molecule has 3 rings (SSSR count). The van der Waals surface area contributed by atoms with Crippen molar-refractivity contribution in [3.05, 3.63) is 24.0 Å². The molecule has 2 amide bonds. The molecule has 1 aromatic carbocycles. The quantitative estimate of drug-likeness (QED) is 0.876. The predicted octanol–water partition coefficient (Wildman–Crippen LogP) is 2.78. The van der Waals surface area contributed by atoms with Crippen LogP contribution in [-0.4, -0.2) is 29.4 Å². The summed E-state index contributed by atoms with van der Waals surface area (Å²) in [7, 11) is 0. The molecular formula is C18H21FN2O4. The van der Waals surface area contributed by atoms with Gasteiger partial charge in [-0.3, -0.25) is 14.4 Å². The first-order valence-electron chi connectivity index (χ1n) is 8.59. The summed E-state index contributed by atoms with van der Waals surface area (Å²) < 4.78 is 14.3. The zero-order chi connectivity index (χ0) is 18.0. The first kappa shape index (κ1) is 17.4. The Labute approximate surface area is 145 Å². The topological polar surface area (TPSA) is 86.7 Å². The van der Waals surface area contributed by atoms with E-state index in [4.69, 9.17) is 5.11 Å². The molecule has 1 saturated heterocycles. The van der Waals surface area contributed by atoms with E-state index in [-0.39, 0.29) is 29.3 Å². The molecule has 0 spiro atoms. The van der Waals surface area contributed by atoms with E-state index in [1.807, 2.05) is 0 Å². The van der Waals surface area contributed by atoms with Crippen molar-refractivity contribution in [1.82, 2.24) is 0 Å². The van der Waals surface area contributed by atoms with Crippen LogP contribution in [0.1, 0.15) is 38.5 Å². The van der Waals surface area contributed by atoms with E-state index in [1.165, 1.54) is 17.0 Å². The minimum Gasteiger partial charge on any atom is -0.481 e. The maximum atomic E-state index is 14.3. The van der Waals surface area contributed by atoms with E-state index >= 15 is 0 Å². The van der Waals surface area contributed by atoms with Crippen molar-refractivity contribution in [3.8, 4) is 0 Å². The number of aliphatic carboxylic acids is 1. The Morgan fingerprint density at radius 2 is 1.84 bits per heavy atom. The lowest BCUT2D eigenvalue weighted by Gasteiger charge is -2.25. The number of carboxylic acids is 1. The third kappa shape index (κ3) is 3.81. The molecule has 0 radical (unpaired) electrons. The normalized spacial score (nSPS) is 23.6. The lowest BCUT2D eigenvalue weighted by Crippen LogP contribution is -2.29. The number of amides is 2. The fourth-order valence-electron chi connectivity index (χ4n) is 3.55. The van der Waals surface area contributed by atoms with Gasteiger partial charge in [-0.25, -0.2) is 4.39 Å². The van der Waals surface area contributed by atoms with Gasteiger partial charge in [0.25, 0.3) is 0 Å². The van der Waals surface area contributed by atoms with E-state index in [0.717, 1.165) is 6.42 Å². The number of hydrogen-bond donors (Lipinski definition) is 2. The van der Waals surface area contributed by atoms with Crippen molar-refractivity contribution in [1.29, 1.82) is 0 Å². The second kappa shape index (κ2) is 7.21. The Balaban J connectivity index is 1.61. The second-order valence-corrected chi connectivity index (χ2v) is 6.69. The van der Waals surface area contributed by atoms with Crippen LogP contribution in [0.3, 0.4) is 0 Å². The van der Waals surface area contributed by atoms with Crippen LogP contribution < -0.4 is 10.2 Å². The number of anilines is 2. The smallest absolute Gasteiger partial charge is 0.306 e. The highest BCUT2D eigenvalue weighted by Crippen LogP contribution is 2.31. The Kier molecular flexibility index (Phi) is 5.01. The number of nitrogens with one attached hydrogen (secondary N) is 1. The zero-order valence-electron chi connectivity index (χ0n) is 13.8. The van der Waals surface area contributed by atoms with Crippen LogP contribution in [0.25, 0.3) is 0 Å². The predicted molar refractivity (Wildman–Crippen MR) is 89.7 cm³/mol. The summed E-state index contributed by atoms with van der Waals surface area (Å²) in [6.45, 7) is 0.508. The monoisotopic (exact) mass is 348 g/mol. The summed E-state index contributed by atoms with van der Waals surface area (Å²) in [6, 6.07) is 4.32. The highest BCUT2D eigenvalue weighted by atomic mass is 19.1. The van der Waals surface area contributed by atoms with Gasteiger partial charge < -0.3 is 15.3 Å². The fraction of sp³-hybridized carbons (Fsp3) is 0.500. The molecule has 25 heavy (non-hydrogen) atoms. The molecule has 2 fully saturated rings. The van der Waals surface area contributed by atoms with Crippen LogP contribution in [0.5, 0.6) is 0 Å². The summed E-state index contributed by atoms with van der Waals surface area (Å²) in [5, 5.41) is 11.7. The van der Waals surface area contributed by atoms with Gasteiger partial charge in [0, 0.05) is 24.6 Å². The molecule has 1 saturated carbocycles. The summed E-state index contributed by atoms with van der Waals surface area (Å²) in [5.41, 5.74) is 0.584. The Hall–Kier alpha value is -2.44. The second-order valence-electron chi connectivity index (χ2n) is 6.69. The number of halogens is 1. The molecule has 1 aliphatic heterocycles. The SMILES string of the molecule is O=C(O)C1CCC(C(=O)Nc2ccc(N3CCCC3=O)c(F)c2)CC1. The average Bonchev–Trinajstić information content (AvgIpc) is 3.01. The standard InChI is InChI=1S/C18H21FN2O4/c19-14-10-13(7-8-15(14)21-9-1-2-16(21)22)20-17(23)11-3-5-12(6-4-11)18(24)25/h7-8,10-12H,1-6,9H2,(H,20,23)(H,24,25). The lowest BCUT2D eigenvalue weighted by atomic mass is 9.81. The van der Waals surface area contributed by atoms with Crippen LogP contribution >= 0.6 is 0 Å². The molecular weight excluding hydrogens is 327 g/mol. The maximum absolute atomic E-state index is 14.3. The van der Waals surface area contributed by atoms with Crippen molar-refractivity contribution < 1.29 is 23.9 Å². The van der Waals surface area contributed by atoms with E-state index in [1.54, 1.807) is 6.07 Å². The molecule has 1 aliphatic carbocycles. The molecule has 0 unspecified atom stereocenters. The third-order valence-electron chi connectivity index (χ3n) is 5.03. The van der Waals surface area contributed by atoms with Gasteiger partial charge in [0.15, 0.2) is 0 Å². The molecule has 0 aromatic heterocycles. The van der Waals surface area contributed by atoms with Crippen LogP contribution in [-0.2, 0) is 14.4 Å². The summed E-state index contributed by atoms with van der Waals surface area (Å²) in [4.78, 5) is 36.4. The number of hydrogen-bond acceptors (Lipinski definition) is 3. The van der Waals surface area contributed by atoms with Gasteiger partial charge in [-0.2, -0.15) is 0 Å². The Morgan fingerprint density at radius 3 is 2.40 bits per heavy atom. The van der Waals surface area contributed by atoms with Gasteiger partial charge in [0.2, 0.25) is 11.8 Å². The van der Waals surface area contributed by atoms with Crippen molar-refractivity contribution in [2.24, 2.45) is 11.8 Å². The van der Waals surface area contributed by atoms with Gasteiger partial charge >= 0.3 is 5.97 Å². The van der Waals surface area contributed by atoms with Gasteiger partial charge in [-0.1, -0.05) is 0 Å². The summed E-state index contributed by atoms with van der Waals surface area (Å²) >= 11 is 0. The highest BCUT2D eigenvalue weighted by Gasteiger charge is 2.30. The Morgan fingerprint density at radius 1 is 1.16 bits per heavy atom. The summed E-state index contributed by atoms with van der Waals surface area (Å²) in [6.07, 6.45) is 3.15. The third-order valence-corrected chi connectivity index (χ3v) is 5.03. The molecule has 134 valence electrons. The number of rotatable bonds is 4. The number of carbonyl (C=O) groups is 3. The minimum absolute atomic E-state index is 0.0918. The summed E-state index contributed by atoms with van der Waals surface area (Å²) in [5.74, 6) is -2.29. The average molecular weight is 348 g/mol. The minimum atomic E-state index is -0.812. The van der Waals surface area contributed by atoms with Crippen LogP contribution in [0.2, 0.25) is 0 Å². The maximum Gasteiger partial charge on any atom is 0.306 e. The number of carbonyl (C=O) groups excluding carboxylic acids is 2. The van der Waals surface area contributed by atoms with Crippen LogP contribution in [0.4, 0.5) is 15.8 Å². The molecule has 2 N–H and O–H groups in total. The Bertz CT molecular complexity index is 698. The lowest BCUT2D eigenvalue weighted by molar-refractivity contribution is -0.143. The van der Waals surface area contributed by atoms with Gasteiger partial charge in [-0.15, -0.1) is 0 Å². The van der Waals surface area contributed by atoms with Crippen LogP contribution in [0, 0.1) is 17.7 Å². The molecule has 6 nitrogen and oxygen atoms in total. The number of benzene rings is 1. The van der Waals surface area contributed by atoms with Crippen molar-refractivity contribution >= 4 is 29.2 Å². The highest BCUT2D eigenvalue weighted by molar-refractivity contribution is 5.96. The fourth-order valence-corrected chi connectivity index (χ4v) is 3.55. The molecule has 0 atom stereocenters. The molecule has 1 heterocycles. The van der Waals surface area contributed by atoms with Gasteiger partial charge in [-0.05, 0) is 50.3 Å². The molecule has 2 aliphatic rings. The van der Waals surface area contributed by atoms with Crippen molar-refractivity contribution in [2.75, 3.05) is 16.8 Å². The van der Waals surface area contributed by atoms with E-state index in [2.05, 4.69) is 5.32 Å². The van der Waals surface area contributed by atoms with Crippen LogP contribution in [0.15, 0.2) is 18.2 Å². The van der Waals surface area contributed by atoms with E-state index < -0.39 is 11.8 Å². The largest absolute Gasteiger partial charge is 0.481 e. The first-order chi connectivity index (χ1) is 12.0. The first-order valence-corrected chi connectivity index (χ1v) is 8.59. The van der Waals surface area contributed by atoms with E-state index in [9.17, 15) is 18.8 Å². The number of nitrogens with zero attached hydrogens (tertiary/aromatic N) is 1. The number of carboxylic acid groups (broad SMARTS) is 1.